The van der Waals surface area contributed by atoms with Crippen LogP contribution in [0.1, 0.15) is 51.4 Å². The molecule has 0 bridgehead atoms. The highest BCUT2D eigenvalue weighted by Gasteiger charge is 1.94. The number of carbonyl (C=O) groups excluding carboxylic acids is 1. The summed E-state index contributed by atoms with van der Waals surface area (Å²) in [6.07, 6.45) is 10.6. The zero-order valence-corrected chi connectivity index (χ0v) is 11.1. The molecule has 0 unspecified atom stereocenters. The van der Waals surface area contributed by atoms with E-state index in [2.05, 4.69) is 21.9 Å². The van der Waals surface area contributed by atoms with Crippen LogP contribution in [0.15, 0.2) is 17.8 Å². The first-order chi connectivity index (χ1) is 8.81. The Labute approximate surface area is 109 Å². The zero-order valence-electron chi connectivity index (χ0n) is 11.1. The lowest BCUT2D eigenvalue weighted by atomic mass is 10.1. The minimum atomic E-state index is -0.0879. The topological polar surface area (TPSA) is 77.9 Å². The summed E-state index contributed by atoms with van der Waals surface area (Å²) in [6, 6.07) is 0. The van der Waals surface area contributed by atoms with Crippen LogP contribution >= 0.6 is 0 Å². The van der Waals surface area contributed by atoms with Gasteiger partial charge in [-0.15, -0.1) is 0 Å². The largest absolute Gasteiger partial charge is 0.353 e. The van der Waals surface area contributed by atoms with Gasteiger partial charge in [-0.05, 0) is 24.4 Å². The van der Waals surface area contributed by atoms with E-state index in [4.69, 9.17) is 5.53 Å². The summed E-state index contributed by atoms with van der Waals surface area (Å²) in [6.45, 7) is 4.77. The Kier molecular flexibility index (Phi) is 12.5. The van der Waals surface area contributed by atoms with E-state index in [9.17, 15) is 4.79 Å². The van der Waals surface area contributed by atoms with E-state index in [1.54, 1.807) is 0 Å². The molecule has 0 aliphatic carbocycles. The molecule has 0 heterocycles. The number of hydrogen-bond donors (Lipinski definition) is 1. The lowest BCUT2D eigenvalue weighted by Gasteiger charge is -2.02. The molecule has 0 spiro atoms. The zero-order chi connectivity index (χ0) is 13.5. The minimum Gasteiger partial charge on any atom is -0.353 e. The van der Waals surface area contributed by atoms with Gasteiger partial charge < -0.3 is 5.32 Å². The highest BCUT2D eigenvalue weighted by Crippen LogP contribution is 2.08. The molecule has 0 aromatic heterocycles. The molecule has 5 nitrogen and oxygen atoms in total. The van der Waals surface area contributed by atoms with Crippen molar-refractivity contribution >= 4 is 5.91 Å². The van der Waals surface area contributed by atoms with E-state index in [-0.39, 0.29) is 5.91 Å². The quantitative estimate of drug-likeness (QED) is 0.185. The third-order valence-corrected chi connectivity index (χ3v) is 2.73. The van der Waals surface area contributed by atoms with Gasteiger partial charge in [0.05, 0.1) is 0 Å². The molecule has 0 atom stereocenters. The third kappa shape index (κ3) is 12.6. The molecule has 0 saturated heterocycles. The molecule has 0 rings (SSSR count). The van der Waals surface area contributed by atoms with Gasteiger partial charge in [0.2, 0.25) is 5.91 Å². The van der Waals surface area contributed by atoms with Gasteiger partial charge in [-0.25, -0.2) is 0 Å². The van der Waals surface area contributed by atoms with Crippen molar-refractivity contribution in [1.29, 1.82) is 0 Å². The summed E-state index contributed by atoms with van der Waals surface area (Å²) in [5, 5.41) is 6.27. The van der Waals surface area contributed by atoms with Crippen molar-refractivity contribution in [2.24, 2.45) is 5.11 Å². The molecule has 18 heavy (non-hydrogen) atoms. The predicted molar refractivity (Wildman–Crippen MR) is 74.2 cm³/mol. The van der Waals surface area contributed by atoms with Gasteiger partial charge in [-0.2, -0.15) is 0 Å². The number of amides is 1. The van der Waals surface area contributed by atoms with Crippen LogP contribution in [-0.2, 0) is 4.79 Å². The third-order valence-electron chi connectivity index (χ3n) is 2.73. The Bertz CT molecular complexity index is 272. The monoisotopic (exact) mass is 252 g/mol. The number of hydrogen-bond acceptors (Lipinski definition) is 2. The highest BCUT2D eigenvalue weighted by molar-refractivity contribution is 5.86. The van der Waals surface area contributed by atoms with E-state index < -0.39 is 0 Å². The lowest BCUT2D eigenvalue weighted by molar-refractivity contribution is -0.116. The Balaban J connectivity index is 3.05. The first-order valence-electron chi connectivity index (χ1n) is 6.72. The van der Waals surface area contributed by atoms with Crippen LogP contribution in [0.5, 0.6) is 0 Å². The summed E-state index contributed by atoms with van der Waals surface area (Å²) in [5.41, 5.74) is 8.09. The second kappa shape index (κ2) is 13.6. The van der Waals surface area contributed by atoms with Crippen LogP contribution in [-0.4, -0.2) is 19.0 Å². The smallest absolute Gasteiger partial charge is 0.243 e. The number of carbonyl (C=O) groups is 1. The fourth-order valence-electron chi connectivity index (χ4n) is 1.70. The maximum Gasteiger partial charge on any atom is 0.243 e. The molecule has 102 valence electrons. The van der Waals surface area contributed by atoms with Crippen molar-refractivity contribution in [3.63, 3.8) is 0 Å². The molecule has 0 fully saturated rings. The average molecular weight is 252 g/mol. The van der Waals surface area contributed by atoms with Gasteiger partial charge in [0.1, 0.15) is 0 Å². The summed E-state index contributed by atoms with van der Waals surface area (Å²) >= 11 is 0. The van der Waals surface area contributed by atoms with Crippen LogP contribution in [0.4, 0.5) is 0 Å². The van der Waals surface area contributed by atoms with Crippen molar-refractivity contribution in [1.82, 2.24) is 5.32 Å². The number of unbranched alkanes of at least 4 members (excludes halogenated alkanes) is 7. The van der Waals surface area contributed by atoms with Gasteiger partial charge in [0, 0.05) is 18.0 Å². The molecule has 5 heteroatoms. The van der Waals surface area contributed by atoms with Crippen molar-refractivity contribution in [2.45, 2.75) is 51.4 Å². The second-order valence-corrected chi connectivity index (χ2v) is 4.28. The average Bonchev–Trinajstić information content (AvgIpc) is 2.39. The van der Waals surface area contributed by atoms with Gasteiger partial charge in [0.15, 0.2) is 0 Å². The fourth-order valence-corrected chi connectivity index (χ4v) is 1.70. The van der Waals surface area contributed by atoms with E-state index in [0.717, 1.165) is 32.2 Å². The number of azide groups is 1. The van der Waals surface area contributed by atoms with Crippen LogP contribution in [0.25, 0.3) is 10.4 Å². The molecule has 0 saturated carbocycles. The molecular formula is C13H24N4O. The van der Waals surface area contributed by atoms with E-state index in [0.29, 0.717) is 6.54 Å². The van der Waals surface area contributed by atoms with Crippen molar-refractivity contribution in [3.05, 3.63) is 23.1 Å². The van der Waals surface area contributed by atoms with Crippen LogP contribution in [0.3, 0.4) is 0 Å². The molecule has 0 radical (unpaired) electrons. The second-order valence-electron chi connectivity index (χ2n) is 4.28. The first-order valence-corrected chi connectivity index (χ1v) is 6.72. The predicted octanol–water partition coefficient (Wildman–Crippen LogP) is 3.72. The van der Waals surface area contributed by atoms with E-state index >= 15 is 0 Å². The molecular weight excluding hydrogens is 228 g/mol. The van der Waals surface area contributed by atoms with E-state index in [1.165, 1.54) is 31.8 Å². The molecule has 0 aliphatic rings. The molecule has 1 amide bonds. The molecule has 1 N–H and O–H groups in total. The van der Waals surface area contributed by atoms with Crippen molar-refractivity contribution in [2.75, 3.05) is 13.1 Å². The van der Waals surface area contributed by atoms with Gasteiger partial charge >= 0.3 is 0 Å². The first kappa shape index (κ1) is 16.5. The summed E-state index contributed by atoms with van der Waals surface area (Å²) in [7, 11) is 0. The number of nitrogens with one attached hydrogen (secondary N) is 1. The molecule has 0 aromatic rings. The molecule has 0 aromatic carbocycles. The number of nitrogens with zero attached hydrogens (tertiary/aromatic N) is 3. The fraction of sp³-hybridized carbons (Fsp3) is 0.769. The summed E-state index contributed by atoms with van der Waals surface area (Å²) < 4.78 is 0. The summed E-state index contributed by atoms with van der Waals surface area (Å²) in [5.74, 6) is -0.0879. The standard InChI is InChI=1S/C13H24N4O/c1-2-13(18)15-11-9-7-5-3-4-6-8-10-12-16-17-14/h2H,1,3-12H2,(H,15,18). The van der Waals surface area contributed by atoms with Crippen LogP contribution < -0.4 is 5.32 Å². The highest BCUT2D eigenvalue weighted by atomic mass is 16.1. The van der Waals surface area contributed by atoms with Crippen LogP contribution in [0.2, 0.25) is 0 Å². The maximum atomic E-state index is 10.8. The Hall–Kier alpha value is -1.48. The van der Waals surface area contributed by atoms with Gasteiger partial charge in [-0.3, -0.25) is 4.79 Å². The van der Waals surface area contributed by atoms with Crippen molar-refractivity contribution < 1.29 is 4.79 Å². The summed E-state index contributed by atoms with van der Waals surface area (Å²) in [4.78, 5) is 13.6. The Morgan fingerprint density at radius 2 is 1.67 bits per heavy atom. The van der Waals surface area contributed by atoms with Gasteiger partial charge in [-0.1, -0.05) is 50.2 Å². The normalized spacial score (nSPS) is 9.56. The molecule has 0 aliphatic heterocycles. The van der Waals surface area contributed by atoms with Crippen LogP contribution in [0, 0.1) is 0 Å². The lowest BCUT2D eigenvalue weighted by Crippen LogP contribution is -2.21. The SMILES string of the molecule is C=CC(=O)NCCCCCCCCCCN=[N+]=[N-]. The minimum absolute atomic E-state index is 0.0879. The Morgan fingerprint density at radius 1 is 1.11 bits per heavy atom. The van der Waals surface area contributed by atoms with Crippen molar-refractivity contribution in [3.8, 4) is 0 Å². The van der Waals surface area contributed by atoms with Gasteiger partial charge in [0.25, 0.3) is 0 Å². The number of rotatable bonds is 12. The maximum absolute atomic E-state index is 10.8. The Morgan fingerprint density at radius 3 is 2.22 bits per heavy atom. The van der Waals surface area contributed by atoms with E-state index in [1.807, 2.05) is 0 Å².